The van der Waals surface area contributed by atoms with Crippen LogP contribution in [0.15, 0.2) is 0 Å². The Balaban J connectivity index is 1.64. The van der Waals surface area contributed by atoms with Crippen LogP contribution in [0.1, 0.15) is 19.3 Å². The molecule has 0 aromatic carbocycles. The lowest BCUT2D eigenvalue weighted by molar-refractivity contribution is -0.153. The van der Waals surface area contributed by atoms with Gasteiger partial charge in [-0.3, -0.25) is 9.69 Å². The lowest BCUT2D eigenvalue weighted by Crippen LogP contribution is -2.55. The molecule has 0 unspecified atom stereocenters. The maximum absolute atomic E-state index is 11.9. The van der Waals surface area contributed by atoms with E-state index < -0.39 is 0 Å². The van der Waals surface area contributed by atoms with Crippen LogP contribution < -0.4 is 0 Å². The topological polar surface area (TPSA) is 42.0 Å². The van der Waals surface area contributed by atoms with Gasteiger partial charge in [0.05, 0.1) is 18.8 Å². The van der Waals surface area contributed by atoms with Crippen molar-refractivity contribution in [2.24, 2.45) is 0 Å². The van der Waals surface area contributed by atoms with Gasteiger partial charge in [-0.15, -0.1) is 0 Å². The summed E-state index contributed by atoms with van der Waals surface area (Å²) < 4.78 is 10.8. The molecule has 0 N–H and O–H groups in total. The van der Waals surface area contributed by atoms with Crippen molar-refractivity contribution < 1.29 is 14.3 Å². The first-order valence-electron chi connectivity index (χ1n) is 6.93. The number of methoxy groups -OCH3 is 1. The maximum atomic E-state index is 11.9. The minimum Gasteiger partial charge on any atom is -0.383 e. The number of nitrogens with zero attached hydrogens (tertiary/aromatic N) is 2. The lowest BCUT2D eigenvalue weighted by atomic mass is 9.92. The van der Waals surface area contributed by atoms with Crippen LogP contribution >= 0.6 is 0 Å². The predicted octanol–water partition coefficient (Wildman–Crippen LogP) is 0.0969. The molecule has 5 heteroatoms. The Hall–Kier alpha value is -0.650. The first-order valence-corrected chi connectivity index (χ1v) is 6.93. The van der Waals surface area contributed by atoms with Crippen LogP contribution in [0.5, 0.6) is 0 Å². The summed E-state index contributed by atoms with van der Waals surface area (Å²) in [6.07, 6.45) is 4.18. The fraction of sp³-hybridized carbons (Fsp3) is 0.923. The largest absolute Gasteiger partial charge is 0.383 e. The number of ether oxygens (including phenoxy) is 2. The molecular weight excluding hydrogens is 232 g/mol. The number of hydrogen-bond acceptors (Lipinski definition) is 4. The Morgan fingerprint density at radius 1 is 1.39 bits per heavy atom. The SMILES string of the molecule is COCCN1C(=O)CO[C@H]2CN(C3CCC3)C[C@H]21. The fourth-order valence-corrected chi connectivity index (χ4v) is 3.22. The summed E-state index contributed by atoms with van der Waals surface area (Å²) in [5, 5.41) is 0. The van der Waals surface area contributed by atoms with Gasteiger partial charge < -0.3 is 14.4 Å². The third kappa shape index (κ3) is 2.15. The van der Waals surface area contributed by atoms with Crippen LogP contribution in [0.4, 0.5) is 0 Å². The molecule has 5 nitrogen and oxygen atoms in total. The van der Waals surface area contributed by atoms with Gasteiger partial charge in [-0.25, -0.2) is 0 Å². The second-order valence-electron chi connectivity index (χ2n) is 5.54. The van der Waals surface area contributed by atoms with Crippen LogP contribution in [0.2, 0.25) is 0 Å². The highest BCUT2D eigenvalue weighted by molar-refractivity contribution is 5.78. The summed E-state index contributed by atoms with van der Waals surface area (Å²) in [6.45, 7) is 3.51. The quantitative estimate of drug-likeness (QED) is 0.713. The van der Waals surface area contributed by atoms with E-state index in [1.165, 1.54) is 19.3 Å². The first-order chi connectivity index (χ1) is 8.79. The average Bonchev–Trinajstić information content (AvgIpc) is 2.69. The zero-order chi connectivity index (χ0) is 12.5. The summed E-state index contributed by atoms with van der Waals surface area (Å²) in [7, 11) is 1.68. The average molecular weight is 254 g/mol. The van der Waals surface area contributed by atoms with E-state index in [-0.39, 0.29) is 24.7 Å². The van der Waals surface area contributed by atoms with Gasteiger partial charge in [0.1, 0.15) is 6.61 Å². The Kier molecular flexibility index (Phi) is 3.54. The predicted molar refractivity (Wildman–Crippen MR) is 66.3 cm³/mol. The molecule has 0 aromatic rings. The van der Waals surface area contributed by atoms with Crippen molar-refractivity contribution in [2.75, 3.05) is 40.0 Å². The highest BCUT2D eigenvalue weighted by Crippen LogP contribution is 2.31. The molecular formula is C13H22N2O3. The van der Waals surface area contributed by atoms with Crippen LogP contribution in [-0.2, 0) is 14.3 Å². The van der Waals surface area contributed by atoms with Crippen molar-refractivity contribution in [3.8, 4) is 0 Å². The van der Waals surface area contributed by atoms with Crippen molar-refractivity contribution in [1.29, 1.82) is 0 Å². The molecule has 2 saturated heterocycles. The minimum atomic E-state index is 0.115. The van der Waals surface area contributed by atoms with Gasteiger partial charge in [-0.05, 0) is 12.8 Å². The molecule has 1 saturated carbocycles. The number of likely N-dealkylation sites (tertiary alicyclic amines) is 1. The zero-order valence-electron chi connectivity index (χ0n) is 11.0. The van der Waals surface area contributed by atoms with Crippen molar-refractivity contribution in [3.63, 3.8) is 0 Å². The highest BCUT2D eigenvalue weighted by Gasteiger charge is 2.45. The zero-order valence-corrected chi connectivity index (χ0v) is 11.0. The van der Waals surface area contributed by atoms with E-state index in [1.54, 1.807) is 7.11 Å². The number of carbonyl (C=O) groups excluding carboxylic acids is 1. The molecule has 3 aliphatic rings. The van der Waals surface area contributed by atoms with E-state index in [1.807, 2.05) is 4.90 Å². The molecule has 2 heterocycles. The van der Waals surface area contributed by atoms with Crippen LogP contribution in [0, 0.1) is 0 Å². The Bertz CT molecular complexity index is 319. The monoisotopic (exact) mass is 254 g/mol. The van der Waals surface area contributed by atoms with E-state index in [0.29, 0.717) is 13.2 Å². The summed E-state index contributed by atoms with van der Waals surface area (Å²) in [5.74, 6) is 0.115. The molecule has 3 fully saturated rings. The van der Waals surface area contributed by atoms with E-state index in [0.717, 1.165) is 19.1 Å². The van der Waals surface area contributed by atoms with Gasteiger partial charge in [0.15, 0.2) is 0 Å². The number of carbonyl (C=O) groups is 1. The Morgan fingerprint density at radius 2 is 2.22 bits per heavy atom. The van der Waals surface area contributed by atoms with E-state index in [9.17, 15) is 4.79 Å². The molecule has 0 bridgehead atoms. The van der Waals surface area contributed by atoms with Crippen molar-refractivity contribution in [2.45, 2.75) is 37.5 Å². The maximum Gasteiger partial charge on any atom is 0.249 e. The van der Waals surface area contributed by atoms with Crippen LogP contribution in [0.25, 0.3) is 0 Å². The second kappa shape index (κ2) is 5.15. The highest BCUT2D eigenvalue weighted by atomic mass is 16.5. The van der Waals surface area contributed by atoms with E-state index >= 15 is 0 Å². The molecule has 2 aliphatic heterocycles. The smallest absolute Gasteiger partial charge is 0.249 e. The number of rotatable bonds is 4. The van der Waals surface area contributed by atoms with Gasteiger partial charge in [-0.1, -0.05) is 6.42 Å². The molecule has 1 aliphatic carbocycles. The van der Waals surface area contributed by atoms with Crippen molar-refractivity contribution >= 4 is 5.91 Å². The van der Waals surface area contributed by atoms with Gasteiger partial charge in [-0.2, -0.15) is 0 Å². The van der Waals surface area contributed by atoms with E-state index in [4.69, 9.17) is 9.47 Å². The summed E-state index contributed by atoms with van der Waals surface area (Å²) in [6, 6.07) is 0.973. The summed E-state index contributed by atoms with van der Waals surface area (Å²) >= 11 is 0. The van der Waals surface area contributed by atoms with Crippen molar-refractivity contribution in [1.82, 2.24) is 9.80 Å². The van der Waals surface area contributed by atoms with Crippen LogP contribution in [-0.4, -0.2) is 73.9 Å². The Morgan fingerprint density at radius 3 is 2.89 bits per heavy atom. The van der Waals surface area contributed by atoms with Gasteiger partial charge in [0.2, 0.25) is 5.91 Å². The normalized spacial score (nSPS) is 33.6. The molecule has 0 spiro atoms. The van der Waals surface area contributed by atoms with E-state index in [2.05, 4.69) is 4.90 Å². The molecule has 102 valence electrons. The number of amides is 1. The van der Waals surface area contributed by atoms with Gasteiger partial charge in [0.25, 0.3) is 0 Å². The molecule has 0 aromatic heterocycles. The fourth-order valence-electron chi connectivity index (χ4n) is 3.22. The third-order valence-corrected chi connectivity index (χ3v) is 4.53. The summed E-state index contributed by atoms with van der Waals surface area (Å²) in [4.78, 5) is 16.4. The first kappa shape index (κ1) is 12.4. The Labute approximate surface area is 108 Å². The molecule has 3 rings (SSSR count). The molecule has 0 radical (unpaired) electrons. The number of fused-ring (bicyclic) bond motifs is 1. The number of morpholine rings is 1. The lowest BCUT2D eigenvalue weighted by Gasteiger charge is -2.37. The molecule has 18 heavy (non-hydrogen) atoms. The minimum absolute atomic E-state index is 0.115. The summed E-state index contributed by atoms with van der Waals surface area (Å²) in [5.41, 5.74) is 0. The second-order valence-corrected chi connectivity index (χ2v) is 5.54. The standard InChI is InChI=1S/C13H22N2O3/c1-17-6-5-15-11-7-14(10-3-2-4-10)8-12(11)18-9-13(15)16/h10-12H,2-9H2,1H3/t11-,12+/m1/s1. The van der Waals surface area contributed by atoms with Crippen LogP contribution in [0.3, 0.4) is 0 Å². The van der Waals surface area contributed by atoms with Gasteiger partial charge >= 0.3 is 0 Å². The third-order valence-electron chi connectivity index (χ3n) is 4.53. The van der Waals surface area contributed by atoms with Crippen molar-refractivity contribution in [3.05, 3.63) is 0 Å². The molecule has 2 atom stereocenters. The number of hydrogen-bond donors (Lipinski definition) is 0. The van der Waals surface area contributed by atoms with Gasteiger partial charge in [0, 0.05) is 32.8 Å². The molecule has 1 amide bonds.